The molecule has 0 aromatic heterocycles. The molecule has 19 heavy (non-hydrogen) atoms. The van der Waals surface area contributed by atoms with Crippen LogP contribution in [0.15, 0.2) is 24.3 Å². The molecule has 1 saturated carbocycles. The molecule has 2 rings (SSSR count). The van der Waals surface area contributed by atoms with E-state index < -0.39 is 0 Å². The fourth-order valence-electron chi connectivity index (χ4n) is 2.77. The van der Waals surface area contributed by atoms with E-state index in [1.54, 1.807) is 0 Å². The van der Waals surface area contributed by atoms with E-state index in [0.29, 0.717) is 12.1 Å². The lowest BCUT2D eigenvalue weighted by atomic mass is 9.87. The largest absolute Gasteiger partial charge is 0.489 e. The molecule has 1 N–H and O–H groups in total. The van der Waals surface area contributed by atoms with Gasteiger partial charge in [0.25, 0.3) is 0 Å². The zero-order valence-electron chi connectivity index (χ0n) is 12.7. The normalized spacial score (nSPS) is 23.6. The van der Waals surface area contributed by atoms with Crippen LogP contribution >= 0.6 is 0 Å². The third-order valence-electron chi connectivity index (χ3n) is 3.93. The van der Waals surface area contributed by atoms with E-state index in [9.17, 15) is 0 Å². The first kappa shape index (κ1) is 14.4. The van der Waals surface area contributed by atoms with Gasteiger partial charge in [-0.2, -0.15) is 0 Å². The van der Waals surface area contributed by atoms with E-state index in [0.717, 1.165) is 12.3 Å². The minimum atomic E-state index is 0.207. The Hall–Kier alpha value is -1.02. The highest BCUT2D eigenvalue weighted by Gasteiger charge is 2.28. The van der Waals surface area contributed by atoms with Crippen molar-refractivity contribution in [2.24, 2.45) is 0 Å². The summed E-state index contributed by atoms with van der Waals surface area (Å²) in [6.45, 7) is 9.89. The summed E-state index contributed by atoms with van der Waals surface area (Å²) in [7, 11) is 0. The van der Waals surface area contributed by atoms with Crippen LogP contribution in [-0.2, 0) is 5.41 Å². The summed E-state index contributed by atoms with van der Waals surface area (Å²) in [5, 5.41) is 3.53. The summed E-state index contributed by atoms with van der Waals surface area (Å²) in [4.78, 5) is 0. The number of hydrogen-bond donors (Lipinski definition) is 1. The lowest BCUT2D eigenvalue weighted by Gasteiger charge is -2.23. The summed E-state index contributed by atoms with van der Waals surface area (Å²) in [5.74, 6) is 1.00. The maximum absolute atomic E-state index is 6.15. The van der Waals surface area contributed by atoms with Crippen LogP contribution in [0.4, 0.5) is 0 Å². The molecule has 1 aromatic carbocycles. The Morgan fingerprint density at radius 2 is 1.84 bits per heavy atom. The molecule has 0 heterocycles. The van der Waals surface area contributed by atoms with E-state index in [1.807, 2.05) is 0 Å². The van der Waals surface area contributed by atoms with Crippen molar-refractivity contribution in [1.29, 1.82) is 0 Å². The summed E-state index contributed by atoms with van der Waals surface area (Å²) in [5.41, 5.74) is 1.56. The maximum Gasteiger partial charge on any atom is 0.119 e. The van der Waals surface area contributed by atoms with E-state index in [4.69, 9.17) is 4.74 Å². The Bertz CT molecular complexity index is 391. The van der Waals surface area contributed by atoms with Crippen molar-refractivity contribution in [3.63, 3.8) is 0 Å². The molecule has 1 aliphatic rings. The first-order valence-electron chi connectivity index (χ1n) is 7.51. The van der Waals surface area contributed by atoms with Crippen LogP contribution in [0.5, 0.6) is 5.75 Å². The van der Waals surface area contributed by atoms with Crippen LogP contribution in [0.25, 0.3) is 0 Å². The number of rotatable bonds is 4. The Kier molecular flexibility index (Phi) is 4.51. The molecule has 0 spiro atoms. The molecule has 1 aromatic rings. The zero-order valence-corrected chi connectivity index (χ0v) is 12.7. The van der Waals surface area contributed by atoms with Gasteiger partial charge in [0.15, 0.2) is 0 Å². The molecule has 1 aliphatic carbocycles. The molecule has 0 aliphatic heterocycles. The lowest BCUT2D eigenvalue weighted by molar-refractivity contribution is 0.176. The first-order valence-corrected chi connectivity index (χ1v) is 7.51. The number of nitrogens with one attached hydrogen (secondary N) is 1. The average Bonchev–Trinajstić information content (AvgIpc) is 2.77. The minimum Gasteiger partial charge on any atom is -0.489 e. The van der Waals surface area contributed by atoms with Gasteiger partial charge in [0.1, 0.15) is 11.9 Å². The Labute approximate surface area is 117 Å². The molecule has 1 fully saturated rings. The van der Waals surface area contributed by atoms with Gasteiger partial charge in [-0.3, -0.25) is 0 Å². The van der Waals surface area contributed by atoms with Crippen molar-refractivity contribution in [1.82, 2.24) is 5.32 Å². The van der Waals surface area contributed by atoms with Crippen LogP contribution in [0.1, 0.15) is 52.5 Å². The minimum absolute atomic E-state index is 0.207. The van der Waals surface area contributed by atoms with Gasteiger partial charge >= 0.3 is 0 Å². The van der Waals surface area contributed by atoms with Crippen molar-refractivity contribution < 1.29 is 4.74 Å². The summed E-state index contributed by atoms with van der Waals surface area (Å²) in [6, 6.07) is 9.12. The van der Waals surface area contributed by atoms with E-state index in [1.165, 1.54) is 24.8 Å². The van der Waals surface area contributed by atoms with Gasteiger partial charge in [-0.15, -0.1) is 0 Å². The van der Waals surface area contributed by atoms with Crippen molar-refractivity contribution >= 4 is 0 Å². The number of likely N-dealkylation sites (N-methyl/N-ethyl adjacent to an activating group) is 1. The van der Waals surface area contributed by atoms with E-state index in [2.05, 4.69) is 57.3 Å². The van der Waals surface area contributed by atoms with Gasteiger partial charge in [-0.05, 0) is 48.9 Å². The van der Waals surface area contributed by atoms with E-state index >= 15 is 0 Å². The predicted octanol–water partition coefficient (Wildman–Crippen LogP) is 3.89. The molecule has 2 atom stereocenters. The van der Waals surface area contributed by atoms with Crippen LogP contribution in [0.3, 0.4) is 0 Å². The molecule has 2 unspecified atom stereocenters. The van der Waals surface area contributed by atoms with Gasteiger partial charge in [-0.1, -0.05) is 39.8 Å². The molecule has 0 saturated heterocycles. The topological polar surface area (TPSA) is 21.3 Å². The second kappa shape index (κ2) is 5.96. The smallest absolute Gasteiger partial charge is 0.119 e. The maximum atomic E-state index is 6.15. The van der Waals surface area contributed by atoms with Crippen molar-refractivity contribution in [3.8, 4) is 5.75 Å². The molecule has 106 valence electrons. The molecule has 2 heteroatoms. The molecule has 0 bridgehead atoms. The SMILES string of the molecule is CCNC1CCCC1Oc1ccc(C(C)(C)C)cc1. The van der Waals surface area contributed by atoms with Gasteiger partial charge in [0.2, 0.25) is 0 Å². The third kappa shape index (κ3) is 3.73. The lowest BCUT2D eigenvalue weighted by Crippen LogP contribution is -2.38. The fraction of sp³-hybridized carbons (Fsp3) is 0.647. The van der Waals surface area contributed by atoms with E-state index in [-0.39, 0.29) is 5.41 Å². The van der Waals surface area contributed by atoms with Crippen molar-refractivity contribution in [3.05, 3.63) is 29.8 Å². The second-order valence-corrected chi connectivity index (χ2v) is 6.53. The van der Waals surface area contributed by atoms with Gasteiger partial charge in [-0.25, -0.2) is 0 Å². The van der Waals surface area contributed by atoms with Gasteiger partial charge < -0.3 is 10.1 Å². The van der Waals surface area contributed by atoms with Crippen LogP contribution < -0.4 is 10.1 Å². The van der Waals surface area contributed by atoms with Crippen molar-refractivity contribution in [2.75, 3.05) is 6.54 Å². The number of hydrogen-bond acceptors (Lipinski definition) is 2. The van der Waals surface area contributed by atoms with Crippen LogP contribution in [0, 0.1) is 0 Å². The highest BCUT2D eigenvalue weighted by Crippen LogP contribution is 2.27. The Morgan fingerprint density at radius 1 is 1.16 bits per heavy atom. The summed E-state index contributed by atoms with van der Waals surface area (Å²) in [6.07, 6.45) is 4.00. The van der Waals surface area contributed by atoms with Gasteiger partial charge in [0, 0.05) is 6.04 Å². The average molecular weight is 261 g/mol. The predicted molar refractivity (Wildman–Crippen MR) is 80.9 cm³/mol. The monoisotopic (exact) mass is 261 g/mol. The first-order chi connectivity index (χ1) is 9.00. The number of benzene rings is 1. The highest BCUT2D eigenvalue weighted by atomic mass is 16.5. The Morgan fingerprint density at radius 3 is 2.42 bits per heavy atom. The highest BCUT2D eigenvalue weighted by molar-refractivity contribution is 5.31. The van der Waals surface area contributed by atoms with Crippen LogP contribution in [-0.4, -0.2) is 18.7 Å². The standard InChI is InChI=1S/C17H27NO/c1-5-18-15-7-6-8-16(15)19-14-11-9-13(10-12-14)17(2,3)4/h9-12,15-16,18H,5-8H2,1-4H3. The summed E-state index contributed by atoms with van der Waals surface area (Å²) >= 11 is 0. The molecular weight excluding hydrogens is 234 g/mol. The van der Waals surface area contributed by atoms with Crippen LogP contribution in [0.2, 0.25) is 0 Å². The van der Waals surface area contributed by atoms with Crippen molar-refractivity contribution in [2.45, 2.75) is 64.5 Å². The summed E-state index contributed by atoms with van der Waals surface area (Å²) < 4.78 is 6.15. The number of ether oxygens (including phenoxy) is 1. The Balaban J connectivity index is 1.99. The molecule has 0 radical (unpaired) electrons. The molecule has 2 nitrogen and oxygen atoms in total. The fourth-order valence-corrected chi connectivity index (χ4v) is 2.77. The third-order valence-corrected chi connectivity index (χ3v) is 3.93. The quantitative estimate of drug-likeness (QED) is 0.887. The molecular formula is C17H27NO. The van der Waals surface area contributed by atoms with Gasteiger partial charge in [0.05, 0.1) is 0 Å². The second-order valence-electron chi connectivity index (χ2n) is 6.53. The zero-order chi connectivity index (χ0) is 13.9. The molecule has 0 amide bonds.